The predicted molar refractivity (Wildman–Crippen MR) is 73.1 cm³/mol. The SMILES string of the molecule is CC(C(=O)c1ccc(Cl)cc1Cl)N(CC#N)CC#N. The predicted octanol–water partition coefficient (Wildman–Crippen LogP) is 2.91. The van der Waals surface area contributed by atoms with E-state index in [1.165, 1.54) is 11.0 Å². The second-order valence-electron chi connectivity index (χ2n) is 3.89. The topological polar surface area (TPSA) is 67.9 Å². The van der Waals surface area contributed by atoms with Gasteiger partial charge in [0, 0.05) is 10.6 Å². The van der Waals surface area contributed by atoms with Crippen molar-refractivity contribution in [1.29, 1.82) is 10.5 Å². The molecular weight excluding hydrogens is 285 g/mol. The lowest BCUT2D eigenvalue weighted by Crippen LogP contribution is -2.39. The lowest BCUT2D eigenvalue weighted by atomic mass is 10.0. The minimum atomic E-state index is -0.599. The quantitative estimate of drug-likeness (QED) is 0.619. The lowest BCUT2D eigenvalue weighted by molar-refractivity contribution is 0.0869. The molecule has 0 aliphatic rings. The molecule has 98 valence electrons. The van der Waals surface area contributed by atoms with E-state index in [9.17, 15) is 4.79 Å². The molecule has 6 heteroatoms. The molecule has 1 unspecified atom stereocenters. The summed E-state index contributed by atoms with van der Waals surface area (Å²) in [5, 5.41) is 18.1. The van der Waals surface area contributed by atoms with Crippen LogP contribution in [0.25, 0.3) is 0 Å². The van der Waals surface area contributed by atoms with Gasteiger partial charge in [0.2, 0.25) is 0 Å². The Labute approximate surface area is 121 Å². The van der Waals surface area contributed by atoms with Crippen LogP contribution in [0.5, 0.6) is 0 Å². The third-order valence-corrected chi connectivity index (χ3v) is 3.22. The zero-order chi connectivity index (χ0) is 14.4. The highest BCUT2D eigenvalue weighted by molar-refractivity contribution is 6.37. The Morgan fingerprint density at radius 1 is 1.32 bits per heavy atom. The molecule has 0 radical (unpaired) electrons. The van der Waals surface area contributed by atoms with Crippen LogP contribution in [-0.2, 0) is 0 Å². The molecule has 1 aromatic carbocycles. The molecule has 4 nitrogen and oxygen atoms in total. The van der Waals surface area contributed by atoms with Crippen molar-refractivity contribution in [2.45, 2.75) is 13.0 Å². The second kappa shape index (κ2) is 7.11. The molecule has 1 atom stereocenters. The van der Waals surface area contributed by atoms with E-state index < -0.39 is 6.04 Å². The Balaban J connectivity index is 2.98. The molecule has 0 aromatic heterocycles. The molecule has 0 amide bonds. The minimum absolute atomic E-state index is 0.00563. The van der Waals surface area contributed by atoms with Gasteiger partial charge in [-0.1, -0.05) is 23.2 Å². The lowest BCUT2D eigenvalue weighted by Gasteiger charge is -2.23. The molecule has 1 aromatic rings. The van der Waals surface area contributed by atoms with Gasteiger partial charge in [0.05, 0.1) is 36.3 Å². The summed E-state index contributed by atoms with van der Waals surface area (Å²) >= 11 is 11.7. The highest BCUT2D eigenvalue weighted by Crippen LogP contribution is 2.23. The van der Waals surface area contributed by atoms with Crippen LogP contribution >= 0.6 is 23.2 Å². The van der Waals surface area contributed by atoms with Crippen molar-refractivity contribution >= 4 is 29.0 Å². The summed E-state index contributed by atoms with van der Waals surface area (Å²) in [5.41, 5.74) is 0.333. The number of benzene rings is 1. The van der Waals surface area contributed by atoms with Gasteiger partial charge in [0.15, 0.2) is 5.78 Å². The zero-order valence-corrected chi connectivity index (χ0v) is 11.7. The fourth-order valence-corrected chi connectivity index (χ4v) is 2.09. The van der Waals surface area contributed by atoms with Crippen LogP contribution < -0.4 is 0 Å². The maximum absolute atomic E-state index is 12.3. The number of carbonyl (C=O) groups excluding carboxylic acids is 1. The molecule has 0 saturated heterocycles. The minimum Gasteiger partial charge on any atom is -0.292 e. The Kier molecular flexibility index (Phi) is 5.79. The van der Waals surface area contributed by atoms with E-state index in [-0.39, 0.29) is 23.9 Å². The van der Waals surface area contributed by atoms with E-state index in [0.29, 0.717) is 10.6 Å². The Morgan fingerprint density at radius 2 is 1.89 bits per heavy atom. The van der Waals surface area contributed by atoms with E-state index in [1.54, 1.807) is 19.1 Å². The molecular formula is C13H11Cl2N3O. The van der Waals surface area contributed by atoms with E-state index in [0.717, 1.165) is 0 Å². The Morgan fingerprint density at radius 3 is 2.37 bits per heavy atom. The van der Waals surface area contributed by atoms with Gasteiger partial charge in [0.25, 0.3) is 0 Å². The van der Waals surface area contributed by atoms with Crippen LogP contribution in [0.2, 0.25) is 10.0 Å². The van der Waals surface area contributed by atoms with Gasteiger partial charge in [-0.25, -0.2) is 0 Å². The number of hydrogen-bond acceptors (Lipinski definition) is 4. The van der Waals surface area contributed by atoms with E-state index in [1.807, 2.05) is 12.1 Å². The number of Topliss-reactive ketones (excluding diaryl/α,β-unsaturated/α-hetero) is 1. The molecule has 0 N–H and O–H groups in total. The van der Waals surface area contributed by atoms with Gasteiger partial charge in [-0.15, -0.1) is 0 Å². The number of ketones is 1. The first kappa shape index (κ1) is 15.5. The first-order chi connectivity index (χ1) is 9.01. The van der Waals surface area contributed by atoms with Gasteiger partial charge in [-0.05, 0) is 25.1 Å². The molecule has 0 aliphatic heterocycles. The number of rotatable bonds is 5. The number of nitriles is 2. The molecule has 19 heavy (non-hydrogen) atoms. The number of carbonyl (C=O) groups is 1. The summed E-state index contributed by atoms with van der Waals surface area (Å²) in [6, 6.07) is 7.87. The molecule has 0 aliphatic carbocycles. The van der Waals surface area contributed by atoms with Crippen molar-refractivity contribution in [2.75, 3.05) is 13.1 Å². The summed E-state index contributed by atoms with van der Waals surface area (Å²) in [6.07, 6.45) is 0. The molecule has 0 saturated carbocycles. The standard InChI is InChI=1S/C13H11Cl2N3O/c1-9(18(6-4-16)7-5-17)13(19)11-3-2-10(14)8-12(11)15/h2-3,8-9H,6-7H2,1H3. The molecule has 0 fully saturated rings. The highest BCUT2D eigenvalue weighted by atomic mass is 35.5. The van der Waals surface area contributed by atoms with Crippen LogP contribution in [0, 0.1) is 22.7 Å². The first-order valence-electron chi connectivity index (χ1n) is 5.48. The first-order valence-corrected chi connectivity index (χ1v) is 6.24. The Bertz CT molecular complexity index is 544. The van der Waals surface area contributed by atoms with Crippen LogP contribution in [0.4, 0.5) is 0 Å². The number of nitrogens with zero attached hydrogens (tertiary/aromatic N) is 3. The normalized spacial score (nSPS) is 11.7. The van der Waals surface area contributed by atoms with Crippen molar-refractivity contribution in [3.8, 4) is 12.1 Å². The summed E-state index contributed by atoms with van der Waals surface area (Å²) in [6.45, 7) is 1.65. The fraction of sp³-hybridized carbons (Fsp3) is 0.308. The van der Waals surface area contributed by atoms with Crippen molar-refractivity contribution in [2.24, 2.45) is 0 Å². The van der Waals surface area contributed by atoms with Crippen molar-refractivity contribution < 1.29 is 4.79 Å². The summed E-state index contributed by atoms with van der Waals surface area (Å²) < 4.78 is 0. The van der Waals surface area contributed by atoms with Gasteiger partial charge in [0.1, 0.15) is 0 Å². The monoisotopic (exact) mass is 295 g/mol. The molecule has 0 spiro atoms. The van der Waals surface area contributed by atoms with Gasteiger partial charge < -0.3 is 0 Å². The maximum atomic E-state index is 12.3. The maximum Gasteiger partial charge on any atom is 0.181 e. The number of hydrogen-bond donors (Lipinski definition) is 0. The smallest absolute Gasteiger partial charge is 0.181 e. The fourth-order valence-electron chi connectivity index (χ4n) is 1.59. The van der Waals surface area contributed by atoms with Crippen molar-refractivity contribution in [3.63, 3.8) is 0 Å². The highest BCUT2D eigenvalue weighted by Gasteiger charge is 2.23. The van der Waals surface area contributed by atoms with Gasteiger partial charge in [-0.2, -0.15) is 10.5 Å². The summed E-state index contributed by atoms with van der Waals surface area (Å²) in [4.78, 5) is 13.8. The van der Waals surface area contributed by atoms with E-state index in [4.69, 9.17) is 33.7 Å². The van der Waals surface area contributed by atoms with Gasteiger partial charge >= 0.3 is 0 Å². The average molecular weight is 296 g/mol. The average Bonchev–Trinajstić information content (AvgIpc) is 2.37. The number of halogens is 2. The van der Waals surface area contributed by atoms with Crippen molar-refractivity contribution in [1.82, 2.24) is 4.90 Å². The summed E-state index contributed by atoms with van der Waals surface area (Å²) in [5.74, 6) is -0.243. The third kappa shape index (κ3) is 3.94. The van der Waals surface area contributed by atoms with Crippen LogP contribution in [0.15, 0.2) is 18.2 Å². The zero-order valence-electron chi connectivity index (χ0n) is 10.2. The summed E-state index contributed by atoms with van der Waals surface area (Å²) in [7, 11) is 0. The van der Waals surface area contributed by atoms with E-state index >= 15 is 0 Å². The van der Waals surface area contributed by atoms with Gasteiger partial charge in [-0.3, -0.25) is 9.69 Å². The van der Waals surface area contributed by atoms with Crippen LogP contribution in [-0.4, -0.2) is 29.8 Å². The third-order valence-electron chi connectivity index (χ3n) is 2.67. The molecule has 0 heterocycles. The van der Waals surface area contributed by atoms with E-state index in [2.05, 4.69) is 0 Å². The largest absolute Gasteiger partial charge is 0.292 e. The second-order valence-corrected chi connectivity index (χ2v) is 4.73. The Hall–Kier alpha value is -1.59. The molecule has 1 rings (SSSR count). The van der Waals surface area contributed by atoms with Crippen LogP contribution in [0.1, 0.15) is 17.3 Å². The van der Waals surface area contributed by atoms with Crippen molar-refractivity contribution in [3.05, 3.63) is 33.8 Å². The van der Waals surface area contributed by atoms with Crippen LogP contribution in [0.3, 0.4) is 0 Å². The molecule has 0 bridgehead atoms.